The van der Waals surface area contributed by atoms with E-state index in [-0.39, 0.29) is 11.6 Å². The number of tetrazole rings is 1. The summed E-state index contributed by atoms with van der Waals surface area (Å²) in [4.78, 5) is 18.6. The number of aromatic nitrogens is 5. The first-order chi connectivity index (χ1) is 17.9. The quantitative estimate of drug-likeness (QED) is 0.300. The summed E-state index contributed by atoms with van der Waals surface area (Å²) in [6, 6.07) is 18.4. The van der Waals surface area contributed by atoms with Gasteiger partial charge in [0.25, 0.3) is 5.56 Å². The Morgan fingerprint density at radius 3 is 2.57 bits per heavy atom. The van der Waals surface area contributed by atoms with Gasteiger partial charge in [-0.3, -0.25) is 9.69 Å². The molecule has 0 bridgehead atoms. The Morgan fingerprint density at radius 1 is 1.03 bits per heavy atom. The lowest BCUT2D eigenvalue weighted by molar-refractivity contribution is 0.161. The summed E-state index contributed by atoms with van der Waals surface area (Å²) in [6.07, 6.45) is 2.42. The van der Waals surface area contributed by atoms with Crippen LogP contribution in [0.3, 0.4) is 0 Å². The van der Waals surface area contributed by atoms with Gasteiger partial charge in [-0.2, -0.15) is 0 Å². The maximum atomic E-state index is 13.2. The molecule has 190 valence electrons. The lowest BCUT2D eigenvalue weighted by Crippen LogP contribution is -2.32. The number of aromatic amines is 1. The van der Waals surface area contributed by atoms with Crippen LogP contribution in [0.15, 0.2) is 70.1 Å². The zero-order valence-electron chi connectivity index (χ0n) is 21.7. The van der Waals surface area contributed by atoms with Gasteiger partial charge in [0, 0.05) is 29.6 Å². The highest BCUT2D eigenvalue weighted by Gasteiger charge is 2.26. The number of H-pyrrole nitrogens is 1. The summed E-state index contributed by atoms with van der Waals surface area (Å²) >= 11 is 0. The molecule has 0 amide bonds. The molecule has 0 spiro atoms. The SMILES string of the molecule is CC[C@@H](c1nnnn1Cc1ccco1)N(Cc1ccc(C)cc1)Cc1cc2c(C)cc(C)cc2[nH]c1=O. The molecule has 0 aliphatic heterocycles. The van der Waals surface area contributed by atoms with Crippen molar-refractivity contribution >= 4 is 10.9 Å². The minimum atomic E-state index is -0.111. The molecule has 0 unspecified atom stereocenters. The fourth-order valence-corrected chi connectivity index (χ4v) is 4.97. The predicted octanol–water partition coefficient (Wildman–Crippen LogP) is 5.23. The highest BCUT2D eigenvalue weighted by molar-refractivity contribution is 5.83. The van der Waals surface area contributed by atoms with Gasteiger partial charge in [0.2, 0.25) is 0 Å². The molecule has 1 N–H and O–H groups in total. The maximum absolute atomic E-state index is 13.2. The van der Waals surface area contributed by atoms with Crippen LogP contribution in [0.2, 0.25) is 0 Å². The van der Waals surface area contributed by atoms with Crippen LogP contribution in [0.4, 0.5) is 0 Å². The van der Waals surface area contributed by atoms with Crippen LogP contribution in [0.5, 0.6) is 0 Å². The van der Waals surface area contributed by atoms with Gasteiger partial charge in [-0.15, -0.1) is 5.10 Å². The van der Waals surface area contributed by atoms with Crippen LogP contribution in [0.1, 0.15) is 58.8 Å². The van der Waals surface area contributed by atoms with Crippen molar-refractivity contribution in [3.05, 3.63) is 111 Å². The Kier molecular flexibility index (Phi) is 7.01. The third-order valence-corrected chi connectivity index (χ3v) is 6.84. The van der Waals surface area contributed by atoms with E-state index in [1.165, 1.54) is 5.56 Å². The molecule has 3 heterocycles. The number of fused-ring (bicyclic) bond motifs is 1. The zero-order chi connectivity index (χ0) is 25.9. The Balaban J connectivity index is 1.54. The molecule has 8 nitrogen and oxygen atoms in total. The molecule has 2 aromatic carbocycles. The molecule has 0 saturated heterocycles. The normalized spacial score (nSPS) is 12.5. The van der Waals surface area contributed by atoms with E-state index in [2.05, 4.69) is 76.5 Å². The van der Waals surface area contributed by atoms with Crippen molar-refractivity contribution in [1.29, 1.82) is 0 Å². The number of hydrogen-bond acceptors (Lipinski definition) is 6. The van der Waals surface area contributed by atoms with E-state index in [4.69, 9.17) is 4.42 Å². The number of aryl methyl sites for hydroxylation is 3. The second-order valence-electron chi connectivity index (χ2n) is 9.76. The first-order valence-corrected chi connectivity index (χ1v) is 12.6. The summed E-state index contributed by atoms with van der Waals surface area (Å²) in [5, 5.41) is 13.7. The third kappa shape index (κ3) is 5.39. The summed E-state index contributed by atoms with van der Waals surface area (Å²) in [7, 11) is 0. The number of hydrogen-bond donors (Lipinski definition) is 1. The highest BCUT2D eigenvalue weighted by Crippen LogP contribution is 2.27. The third-order valence-electron chi connectivity index (χ3n) is 6.84. The van der Waals surface area contributed by atoms with Crippen LogP contribution < -0.4 is 5.56 Å². The van der Waals surface area contributed by atoms with Crippen molar-refractivity contribution in [1.82, 2.24) is 30.1 Å². The molecule has 5 aromatic rings. The molecule has 5 rings (SSSR count). The minimum absolute atomic E-state index is 0.0727. The lowest BCUT2D eigenvalue weighted by atomic mass is 10.0. The van der Waals surface area contributed by atoms with Crippen LogP contribution in [-0.4, -0.2) is 30.1 Å². The molecular formula is C29H32N6O2. The van der Waals surface area contributed by atoms with Gasteiger partial charge in [0.1, 0.15) is 12.3 Å². The number of nitrogens with zero attached hydrogens (tertiary/aromatic N) is 5. The topological polar surface area (TPSA) is 92.8 Å². The van der Waals surface area contributed by atoms with Crippen molar-refractivity contribution in [2.24, 2.45) is 0 Å². The zero-order valence-corrected chi connectivity index (χ0v) is 21.7. The minimum Gasteiger partial charge on any atom is -0.467 e. The van der Waals surface area contributed by atoms with E-state index in [0.29, 0.717) is 19.6 Å². The van der Waals surface area contributed by atoms with Gasteiger partial charge in [-0.1, -0.05) is 42.8 Å². The molecule has 0 aliphatic carbocycles. The van der Waals surface area contributed by atoms with E-state index in [1.807, 2.05) is 31.2 Å². The molecule has 0 fully saturated rings. The molecule has 37 heavy (non-hydrogen) atoms. The van der Waals surface area contributed by atoms with Gasteiger partial charge >= 0.3 is 0 Å². The first kappa shape index (κ1) is 24.6. The molecule has 8 heteroatoms. The fraction of sp³-hybridized carbons (Fsp3) is 0.310. The number of furan rings is 1. The number of rotatable bonds is 9. The number of pyridine rings is 1. The van der Waals surface area contributed by atoms with Gasteiger partial charge in [0.15, 0.2) is 5.82 Å². The lowest BCUT2D eigenvalue weighted by Gasteiger charge is -2.30. The molecule has 0 radical (unpaired) electrons. The van der Waals surface area contributed by atoms with E-state index in [0.717, 1.165) is 51.2 Å². The average Bonchev–Trinajstić information content (AvgIpc) is 3.55. The monoisotopic (exact) mass is 496 g/mol. The van der Waals surface area contributed by atoms with E-state index in [1.54, 1.807) is 10.9 Å². The Labute approximate surface area is 215 Å². The number of nitrogens with one attached hydrogen (secondary N) is 1. The second kappa shape index (κ2) is 10.5. The second-order valence-corrected chi connectivity index (χ2v) is 9.76. The van der Waals surface area contributed by atoms with Crippen molar-refractivity contribution in [3.63, 3.8) is 0 Å². The fourth-order valence-electron chi connectivity index (χ4n) is 4.97. The van der Waals surface area contributed by atoms with Gasteiger partial charge < -0.3 is 9.40 Å². The summed E-state index contributed by atoms with van der Waals surface area (Å²) < 4.78 is 7.32. The van der Waals surface area contributed by atoms with E-state index >= 15 is 0 Å². The van der Waals surface area contributed by atoms with Crippen LogP contribution in [-0.2, 0) is 19.6 Å². The maximum Gasteiger partial charge on any atom is 0.252 e. The molecular weight excluding hydrogens is 464 g/mol. The van der Waals surface area contributed by atoms with Crippen LogP contribution >= 0.6 is 0 Å². The summed E-state index contributed by atoms with van der Waals surface area (Å²) in [6.45, 7) is 9.88. The van der Waals surface area contributed by atoms with Crippen LogP contribution in [0, 0.1) is 20.8 Å². The largest absolute Gasteiger partial charge is 0.467 e. The standard InChI is InChI=1S/C29H32N6O2/c1-5-27(28-31-32-33-35(28)18-24-7-6-12-37-24)34(16-22-10-8-19(2)9-11-22)17-23-15-25-21(4)13-20(3)14-26(25)30-29(23)36/h6-15,27H,5,16-18H2,1-4H3,(H,30,36)/t27-/m0/s1. The summed E-state index contributed by atoms with van der Waals surface area (Å²) in [5.41, 5.74) is 6.16. The van der Waals surface area contributed by atoms with Gasteiger partial charge in [-0.05, 0) is 78.6 Å². The molecule has 0 aliphatic rings. The molecule has 1 atom stereocenters. The Hall–Kier alpha value is -4.04. The average molecular weight is 497 g/mol. The van der Waals surface area contributed by atoms with Crippen molar-refractivity contribution in [3.8, 4) is 0 Å². The predicted molar refractivity (Wildman–Crippen MR) is 143 cm³/mol. The van der Waals surface area contributed by atoms with Gasteiger partial charge in [0.05, 0.1) is 12.3 Å². The van der Waals surface area contributed by atoms with Crippen molar-refractivity contribution in [2.75, 3.05) is 0 Å². The molecule has 3 aromatic heterocycles. The Morgan fingerprint density at radius 2 is 1.84 bits per heavy atom. The smallest absolute Gasteiger partial charge is 0.252 e. The summed E-state index contributed by atoms with van der Waals surface area (Å²) in [5.74, 6) is 1.53. The molecule has 0 saturated carbocycles. The van der Waals surface area contributed by atoms with E-state index in [9.17, 15) is 4.79 Å². The highest BCUT2D eigenvalue weighted by atomic mass is 16.3. The van der Waals surface area contributed by atoms with Crippen LogP contribution in [0.25, 0.3) is 10.9 Å². The number of benzene rings is 2. The van der Waals surface area contributed by atoms with Gasteiger partial charge in [-0.25, -0.2) is 4.68 Å². The first-order valence-electron chi connectivity index (χ1n) is 12.6. The Bertz CT molecular complexity index is 1550. The van der Waals surface area contributed by atoms with Crippen molar-refractivity contribution < 1.29 is 4.42 Å². The van der Waals surface area contributed by atoms with Crippen molar-refractivity contribution in [2.45, 2.75) is 59.8 Å². The van der Waals surface area contributed by atoms with E-state index < -0.39 is 0 Å².